The summed E-state index contributed by atoms with van der Waals surface area (Å²) in [6, 6.07) is 0. The van der Waals surface area contributed by atoms with E-state index in [-0.39, 0.29) is 12.0 Å². The summed E-state index contributed by atoms with van der Waals surface area (Å²) in [5.41, 5.74) is 5.13. The van der Waals surface area contributed by atoms with Crippen molar-refractivity contribution >= 4 is 23.1 Å². The van der Waals surface area contributed by atoms with Crippen molar-refractivity contribution in [1.82, 2.24) is 5.32 Å². The van der Waals surface area contributed by atoms with Gasteiger partial charge in [0.2, 0.25) is 5.91 Å². The summed E-state index contributed by atoms with van der Waals surface area (Å²) in [7, 11) is 0. The molecule has 1 unspecified atom stereocenters. The average molecular weight is 258 g/mol. The second-order valence-corrected chi connectivity index (χ2v) is 5.07. The molecule has 3 N–H and O–H groups in total. The molecular weight excluding hydrogens is 236 g/mol. The average Bonchev–Trinajstić information content (AvgIpc) is 2.76. The molecule has 1 rings (SSSR count). The van der Waals surface area contributed by atoms with E-state index >= 15 is 0 Å². The predicted octanol–water partition coefficient (Wildman–Crippen LogP) is 1.37. The standard InChI is InChI=1S/C12H22N2O2S/c1-3-16-9(2)8-14-11(15)12(10(13)17)6-4-5-7-12/h9H,3-8H2,1-2H3,(H2,13,17)(H,14,15). The first-order chi connectivity index (χ1) is 8.03. The normalized spacial score (nSPS) is 19.9. The van der Waals surface area contributed by atoms with Gasteiger partial charge in [-0.3, -0.25) is 4.79 Å². The summed E-state index contributed by atoms with van der Waals surface area (Å²) in [6.07, 6.45) is 3.61. The first-order valence-electron chi connectivity index (χ1n) is 6.22. The van der Waals surface area contributed by atoms with E-state index in [1.807, 2.05) is 13.8 Å². The van der Waals surface area contributed by atoms with Crippen molar-refractivity contribution in [2.45, 2.75) is 45.6 Å². The SMILES string of the molecule is CCOC(C)CNC(=O)C1(C(N)=S)CCCC1. The minimum absolute atomic E-state index is 0.0220. The lowest BCUT2D eigenvalue weighted by molar-refractivity contribution is -0.127. The van der Waals surface area contributed by atoms with Crippen LogP contribution in [-0.2, 0) is 9.53 Å². The largest absolute Gasteiger partial charge is 0.392 e. The zero-order valence-electron chi connectivity index (χ0n) is 10.6. The van der Waals surface area contributed by atoms with Gasteiger partial charge in [0.1, 0.15) is 0 Å². The number of nitrogens with one attached hydrogen (secondary N) is 1. The number of carbonyl (C=O) groups is 1. The Bertz CT molecular complexity index is 288. The number of amides is 1. The van der Waals surface area contributed by atoms with E-state index in [4.69, 9.17) is 22.7 Å². The summed E-state index contributed by atoms with van der Waals surface area (Å²) >= 11 is 5.06. The molecule has 0 aromatic carbocycles. The summed E-state index contributed by atoms with van der Waals surface area (Å²) in [6.45, 7) is 5.03. The van der Waals surface area contributed by atoms with Crippen LogP contribution in [0.25, 0.3) is 0 Å². The van der Waals surface area contributed by atoms with Crippen molar-refractivity contribution in [3.05, 3.63) is 0 Å². The highest BCUT2D eigenvalue weighted by atomic mass is 32.1. The predicted molar refractivity (Wildman–Crippen MR) is 71.8 cm³/mol. The number of hydrogen-bond acceptors (Lipinski definition) is 3. The Morgan fingerprint density at radius 1 is 1.53 bits per heavy atom. The van der Waals surface area contributed by atoms with Crippen LogP contribution in [0.2, 0.25) is 0 Å². The Balaban J connectivity index is 2.53. The summed E-state index contributed by atoms with van der Waals surface area (Å²) in [4.78, 5) is 12.5. The fourth-order valence-electron chi connectivity index (χ4n) is 2.31. The van der Waals surface area contributed by atoms with Gasteiger partial charge in [-0.05, 0) is 26.7 Å². The molecule has 1 amide bonds. The summed E-state index contributed by atoms with van der Waals surface area (Å²) in [5.74, 6) is -0.0333. The Hall–Kier alpha value is -0.680. The molecule has 17 heavy (non-hydrogen) atoms. The van der Waals surface area contributed by atoms with Crippen molar-refractivity contribution in [3.8, 4) is 0 Å². The van der Waals surface area contributed by atoms with Crippen molar-refractivity contribution < 1.29 is 9.53 Å². The van der Waals surface area contributed by atoms with Crippen molar-refractivity contribution in [2.24, 2.45) is 11.1 Å². The number of rotatable bonds is 6. The van der Waals surface area contributed by atoms with Gasteiger partial charge in [-0.2, -0.15) is 0 Å². The third-order valence-electron chi connectivity index (χ3n) is 3.36. The molecule has 4 nitrogen and oxygen atoms in total. The van der Waals surface area contributed by atoms with Gasteiger partial charge in [-0.1, -0.05) is 25.1 Å². The second kappa shape index (κ2) is 6.31. The maximum atomic E-state index is 12.2. The van der Waals surface area contributed by atoms with Crippen molar-refractivity contribution in [2.75, 3.05) is 13.2 Å². The van der Waals surface area contributed by atoms with Crippen LogP contribution < -0.4 is 11.1 Å². The Morgan fingerprint density at radius 2 is 2.12 bits per heavy atom. The summed E-state index contributed by atoms with van der Waals surface area (Å²) in [5, 5.41) is 2.90. The molecular formula is C12H22N2O2S. The molecule has 1 atom stereocenters. The fraction of sp³-hybridized carbons (Fsp3) is 0.833. The lowest BCUT2D eigenvalue weighted by Gasteiger charge is -2.27. The number of carbonyl (C=O) groups excluding carboxylic acids is 1. The van der Waals surface area contributed by atoms with Gasteiger partial charge in [0.05, 0.1) is 16.5 Å². The molecule has 1 fully saturated rings. The molecule has 1 saturated carbocycles. The molecule has 0 heterocycles. The zero-order valence-corrected chi connectivity index (χ0v) is 11.4. The van der Waals surface area contributed by atoms with Crippen molar-refractivity contribution in [1.29, 1.82) is 0 Å². The van der Waals surface area contributed by atoms with Gasteiger partial charge in [0, 0.05) is 13.2 Å². The minimum Gasteiger partial charge on any atom is -0.392 e. The third kappa shape index (κ3) is 3.39. The topological polar surface area (TPSA) is 64.3 Å². The van der Waals surface area contributed by atoms with Crippen molar-refractivity contribution in [3.63, 3.8) is 0 Å². The van der Waals surface area contributed by atoms with E-state index in [2.05, 4.69) is 5.32 Å². The van der Waals surface area contributed by atoms with Crippen LogP contribution in [0.3, 0.4) is 0 Å². The highest BCUT2D eigenvalue weighted by Gasteiger charge is 2.43. The van der Waals surface area contributed by atoms with Crippen LogP contribution >= 0.6 is 12.2 Å². The van der Waals surface area contributed by atoms with Crippen LogP contribution in [0.15, 0.2) is 0 Å². The Labute approximate surface area is 108 Å². The molecule has 1 aliphatic carbocycles. The molecule has 0 aromatic rings. The fourth-order valence-corrected chi connectivity index (χ4v) is 2.61. The highest BCUT2D eigenvalue weighted by Crippen LogP contribution is 2.38. The Kier molecular flexibility index (Phi) is 5.33. The monoisotopic (exact) mass is 258 g/mol. The zero-order chi connectivity index (χ0) is 12.9. The van der Waals surface area contributed by atoms with E-state index in [0.29, 0.717) is 18.1 Å². The molecule has 0 aliphatic heterocycles. The van der Waals surface area contributed by atoms with E-state index < -0.39 is 5.41 Å². The number of thiocarbonyl (C=S) groups is 1. The minimum atomic E-state index is -0.610. The van der Waals surface area contributed by atoms with E-state index in [1.54, 1.807) is 0 Å². The van der Waals surface area contributed by atoms with Crippen LogP contribution in [0.4, 0.5) is 0 Å². The van der Waals surface area contributed by atoms with Gasteiger partial charge in [0.25, 0.3) is 0 Å². The second-order valence-electron chi connectivity index (χ2n) is 4.63. The molecule has 98 valence electrons. The van der Waals surface area contributed by atoms with Crippen LogP contribution in [0.1, 0.15) is 39.5 Å². The van der Waals surface area contributed by atoms with Gasteiger partial charge in [-0.15, -0.1) is 0 Å². The molecule has 0 spiro atoms. The number of ether oxygens (including phenoxy) is 1. The van der Waals surface area contributed by atoms with E-state index in [9.17, 15) is 4.79 Å². The number of hydrogen-bond donors (Lipinski definition) is 2. The highest BCUT2D eigenvalue weighted by molar-refractivity contribution is 7.80. The number of nitrogens with two attached hydrogens (primary N) is 1. The first-order valence-corrected chi connectivity index (χ1v) is 6.63. The van der Waals surface area contributed by atoms with E-state index in [1.165, 1.54) is 0 Å². The van der Waals surface area contributed by atoms with Crippen LogP contribution in [0.5, 0.6) is 0 Å². The van der Waals surface area contributed by atoms with Gasteiger partial charge >= 0.3 is 0 Å². The lowest BCUT2D eigenvalue weighted by atomic mass is 9.85. The van der Waals surface area contributed by atoms with Crippen LogP contribution in [-0.4, -0.2) is 30.2 Å². The first kappa shape index (κ1) is 14.4. The van der Waals surface area contributed by atoms with Gasteiger partial charge in [-0.25, -0.2) is 0 Å². The van der Waals surface area contributed by atoms with Crippen LogP contribution in [0, 0.1) is 5.41 Å². The quantitative estimate of drug-likeness (QED) is 0.706. The van der Waals surface area contributed by atoms with E-state index in [0.717, 1.165) is 25.7 Å². The lowest BCUT2D eigenvalue weighted by Crippen LogP contribution is -2.48. The molecule has 0 bridgehead atoms. The van der Waals surface area contributed by atoms with Gasteiger partial charge in [0.15, 0.2) is 0 Å². The third-order valence-corrected chi connectivity index (χ3v) is 3.76. The maximum absolute atomic E-state index is 12.2. The summed E-state index contributed by atoms with van der Waals surface area (Å²) < 4.78 is 5.37. The maximum Gasteiger partial charge on any atom is 0.233 e. The molecule has 1 aliphatic rings. The van der Waals surface area contributed by atoms with Gasteiger partial charge < -0.3 is 15.8 Å². The molecule has 0 aromatic heterocycles. The Morgan fingerprint density at radius 3 is 2.59 bits per heavy atom. The molecule has 5 heteroatoms. The molecule has 0 radical (unpaired) electrons. The smallest absolute Gasteiger partial charge is 0.233 e. The molecule has 0 saturated heterocycles.